The zero-order valence-electron chi connectivity index (χ0n) is 15.1. The van der Waals surface area contributed by atoms with Crippen molar-refractivity contribution in [2.45, 2.75) is 49.6 Å². The van der Waals surface area contributed by atoms with E-state index < -0.39 is 0 Å². The Kier molecular flexibility index (Phi) is 5.25. The molecule has 26 heavy (non-hydrogen) atoms. The van der Waals surface area contributed by atoms with E-state index in [1.165, 1.54) is 31.2 Å². The fourth-order valence-corrected chi connectivity index (χ4v) is 4.70. The Morgan fingerprint density at radius 2 is 1.73 bits per heavy atom. The van der Waals surface area contributed by atoms with Crippen molar-refractivity contribution in [2.75, 3.05) is 5.32 Å². The zero-order chi connectivity index (χ0) is 17.8. The molecule has 0 atom stereocenters. The van der Waals surface area contributed by atoms with Crippen molar-refractivity contribution in [1.82, 2.24) is 14.8 Å². The number of hydrogen-bond acceptors (Lipinski definition) is 4. The van der Waals surface area contributed by atoms with Gasteiger partial charge in [0.1, 0.15) is 0 Å². The number of rotatable bonds is 6. The molecule has 0 bridgehead atoms. The third-order valence-corrected chi connectivity index (χ3v) is 6.15. The van der Waals surface area contributed by atoms with Gasteiger partial charge in [-0.25, -0.2) is 0 Å². The topological polar surface area (TPSA) is 42.7 Å². The maximum absolute atomic E-state index is 4.53. The van der Waals surface area contributed by atoms with E-state index in [1.807, 2.05) is 17.8 Å². The second-order valence-electron chi connectivity index (χ2n) is 6.76. The van der Waals surface area contributed by atoms with Crippen LogP contribution >= 0.6 is 11.8 Å². The van der Waals surface area contributed by atoms with Crippen molar-refractivity contribution in [3.05, 3.63) is 66.0 Å². The minimum absolute atomic E-state index is 0.651. The molecule has 1 heterocycles. The smallest absolute Gasteiger partial charge is 0.196 e. The van der Waals surface area contributed by atoms with E-state index in [9.17, 15) is 0 Å². The van der Waals surface area contributed by atoms with E-state index in [2.05, 4.69) is 75.5 Å². The lowest BCUT2D eigenvalue weighted by molar-refractivity contribution is 0.826. The third kappa shape index (κ3) is 3.78. The number of thioether (sulfide) groups is 1. The predicted molar refractivity (Wildman–Crippen MR) is 108 cm³/mol. The lowest BCUT2D eigenvalue weighted by Gasteiger charge is -2.14. The number of nitrogens with zero attached hydrogens (tertiary/aromatic N) is 3. The van der Waals surface area contributed by atoms with Crippen LogP contribution in [0.1, 0.15) is 37.1 Å². The molecule has 0 radical (unpaired) electrons. The second-order valence-corrected chi connectivity index (χ2v) is 8.03. The van der Waals surface area contributed by atoms with Gasteiger partial charge in [0.05, 0.1) is 6.54 Å². The molecule has 3 aromatic rings. The normalized spacial score (nSPS) is 14.7. The molecular weight excluding hydrogens is 340 g/mol. The molecule has 1 aliphatic rings. The Morgan fingerprint density at radius 3 is 2.50 bits per heavy atom. The molecule has 0 unspecified atom stereocenters. The van der Waals surface area contributed by atoms with Crippen LogP contribution in [-0.2, 0) is 6.54 Å². The Bertz CT molecular complexity index is 853. The van der Waals surface area contributed by atoms with Crippen molar-refractivity contribution < 1.29 is 0 Å². The Morgan fingerprint density at radius 1 is 1.00 bits per heavy atom. The highest BCUT2D eigenvalue weighted by molar-refractivity contribution is 7.99. The van der Waals surface area contributed by atoms with Crippen LogP contribution in [0.15, 0.2) is 59.8 Å². The number of aryl methyl sites for hydroxylation is 1. The van der Waals surface area contributed by atoms with Crippen LogP contribution in [0.5, 0.6) is 0 Å². The summed E-state index contributed by atoms with van der Waals surface area (Å²) in [5.41, 5.74) is 3.50. The first-order valence-corrected chi connectivity index (χ1v) is 10.1. The molecule has 1 N–H and O–H groups in total. The maximum Gasteiger partial charge on any atom is 0.196 e. The summed E-state index contributed by atoms with van der Waals surface area (Å²) in [4.78, 5) is 0. The SMILES string of the molecule is Cc1ccccc1NCc1nnc(SC2CCCC2)n1-c1ccccc1. The summed E-state index contributed by atoms with van der Waals surface area (Å²) in [5, 5.41) is 14.2. The van der Waals surface area contributed by atoms with Gasteiger partial charge in [0.2, 0.25) is 0 Å². The number of hydrogen-bond donors (Lipinski definition) is 1. The van der Waals surface area contributed by atoms with Gasteiger partial charge in [-0.1, -0.05) is 61.0 Å². The van der Waals surface area contributed by atoms with E-state index in [4.69, 9.17) is 0 Å². The molecule has 1 saturated carbocycles. The summed E-state index contributed by atoms with van der Waals surface area (Å²) in [7, 11) is 0. The molecule has 4 rings (SSSR count). The summed E-state index contributed by atoms with van der Waals surface area (Å²) in [6, 6.07) is 18.8. The van der Waals surface area contributed by atoms with Crippen LogP contribution in [0.25, 0.3) is 5.69 Å². The highest BCUT2D eigenvalue weighted by Gasteiger charge is 2.21. The molecule has 0 amide bonds. The molecule has 0 saturated heterocycles. The zero-order valence-corrected chi connectivity index (χ0v) is 15.9. The van der Waals surface area contributed by atoms with Gasteiger partial charge in [0, 0.05) is 16.6 Å². The molecule has 0 spiro atoms. The van der Waals surface area contributed by atoms with Gasteiger partial charge < -0.3 is 5.32 Å². The lowest BCUT2D eigenvalue weighted by Crippen LogP contribution is -2.09. The first-order valence-electron chi connectivity index (χ1n) is 9.27. The van der Waals surface area contributed by atoms with Crippen LogP contribution in [0.4, 0.5) is 5.69 Å². The van der Waals surface area contributed by atoms with Crippen molar-refractivity contribution in [2.24, 2.45) is 0 Å². The van der Waals surface area contributed by atoms with E-state index in [1.54, 1.807) is 0 Å². The van der Waals surface area contributed by atoms with Crippen LogP contribution in [0, 0.1) is 6.92 Å². The van der Waals surface area contributed by atoms with Gasteiger partial charge in [-0.15, -0.1) is 10.2 Å². The van der Waals surface area contributed by atoms with E-state index >= 15 is 0 Å². The summed E-state index contributed by atoms with van der Waals surface area (Å²) in [6.07, 6.45) is 5.23. The Hall–Kier alpha value is -2.27. The standard InChI is InChI=1S/C21H24N4S/c1-16-9-5-8-14-19(16)22-15-20-23-24-21(26-18-12-6-7-13-18)25(20)17-10-3-2-4-11-17/h2-5,8-11,14,18,22H,6-7,12-13,15H2,1H3. The van der Waals surface area contributed by atoms with Gasteiger partial charge in [0.25, 0.3) is 0 Å². The number of nitrogens with one attached hydrogen (secondary N) is 1. The van der Waals surface area contributed by atoms with Crippen LogP contribution in [-0.4, -0.2) is 20.0 Å². The Labute approximate surface area is 159 Å². The highest BCUT2D eigenvalue weighted by atomic mass is 32.2. The van der Waals surface area contributed by atoms with Gasteiger partial charge in [-0.2, -0.15) is 0 Å². The van der Waals surface area contributed by atoms with Gasteiger partial charge in [-0.3, -0.25) is 4.57 Å². The number of benzene rings is 2. The van der Waals surface area contributed by atoms with Crippen molar-refractivity contribution in [1.29, 1.82) is 0 Å². The van der Waals surface area contributed by atoms with E-state index in [0.717, 1.165) is 22.4 Å². The first-order chi connectivity index (χ1) is 12.8. The van der Waals surface area contributed by atoms with Crippen molar-refractivity contribution in [3.8, 4) is 5.69 Å². The first kappa shape index (κ1) is 17.2. The second kappa shape index (κ2) is 7.96. The molecular formula is C21H24N4S. The summed E-state index contributed by atoms with van der Waals surface area (Å²) in [6.45, 7) is 2.77. The van der Waals surface area contributed by atoms with Gasteiger partial charge in [-0.05, 0) is 43.5 Å². The van der Waals surface area contributed by atoms with Crippen LogP contribution in [0.2, 0.25) is 0 Å². The lowest BCUT2D eigenvalue weighted by atomic mass is 10.2. The Balaban J connectivity index is 1.61. The largest absolute Gasteiger partial charge is 0.378 e. The minimum Gasteiger partial charge on any atom is -0.378 e. The highest BCUT2D eigenvalue weighted by Crippen LogP contribution is 2.35. The molecule has 1 aliphatic carbocycles. The van der Waals surface area contributed by atoms with Gasteiger partial charge >= 0.3 is 0 Å². The van der Waals surface area contributed by atoms with Crippen LogP contribution in [0.3, 0.4) is 0 Å². The average Bonchev–Trinajstić information content (AvgIpc) is 3.32. The fraction of sp³-hybridized carbons (Fsp3) is 0.333. The molecule has 1 aromatic heterocycles. The third-order valence-electron chi connectivity index (χ3n) is 4.87. The van der Waals surface area contributed by atoms with Crippen molar-refractivity contribution in [3.63, 3.8) is 0 Å². The fourth-order valence-electron chi connectivity index (χ4n) is 3.43. The van der Waals surface area contributed by atoms with E-state index in [-0.39, 0.29) is 0 Å². The predicted octanol–water partition coefficient (Wildman–Crippen LogP) is 5.22. The summed E-state index contributed by atoms with van der Waals surface area (Å²) < 4.78 is 2.20. The summed E-state index contributed by atoms with van der Waals surface area (Å²) in [5.74, 6) is 0.944. The average molecular weight is 365 g/mol. The molecule has 4 nitrogen and oxygen atoms in total. The van der Waals surface area contributed by atoms with Gasteiger partial charge in [0.15, 0.2) is 11.0 Å². The monoisotopic (exact) mass is 364 g/mol. The number of para-hydroxylation sites is 2. The molecule has 2 aromatic carbocycles. The van der Waals surface area contributed by atoms with E-state index in [0.29, 0.717) is 11.8 Å². The maximum atomic E-state index is 4.53. The van der Waals surface area contributed by atoms with Crippen LogP contribution < -0.4 is 5.32 Å². The molecule has 0 aliphatic heterocycles. The quantitative estimate of drug-likeness (QED) is 0.651. The molecule has 134 valence electrons. The number of anilines is 1. The summed E-state index contributed by atoms with van der Waals surface area (Å²) >= 11 is 1.88. The molecule has 1 fully saturated rings. The number of aromatic nitrogens is 3. The minimum atomic E-state index is 0.651. The molecule has 5 heteroatoms. The van der Waals surface area contributed by atoms with Crippen molar-refractivity contribution >= 4 is 17.4 Å².